The molecule has 0 radical (unpaired) electrons. The van der Waals surface area contributed by atoms with E-state index in [-0.39, 0.29) is 12.5 Å². The van der Waals surface area contributed by atoms with Gasteiger partial charge in [0, 0.05) is 24.2 Å². The molecule has 132 valence electrons. The van der Waals surface area contributed by atoms with Crippen molar-refractivity contribution in [2.45, 2.75) is 31.0 Å². The second-order valence-electron chi connectivity index (χ2n) is 6.21. The maximum absolute atomic E-state index is 12.6. The summed E-state index contributed by atoms with van der Waals surface area (Å²) in [6.45, 7) is 3.59. The summed E-state index contributed by atoms with van der Waals surface area (Å²) in [5, 5.41) is 12.6. The van der Waals surface area contributed by atoms with E-state index in [0.717, 1.165) is 35.7 Å². The van der Waals surface area contributed by atoms with E-state index in [1.807, 2.05) is 37.4 Å². The number of aliphatic hydroxyl groups is 1. The standard InChI is InChI=1S/C19H23N3O2S/c1-3-25-16-6-4-13(5-7-16)18(12-23)21-19(24)14-8-15-10-22(2)11-17(15)20-9-14/h4-9,18,23H,3,10-12H2,1-2H3,(H,21,24)/t18-/m0/s1. The molecule has 0 bridgehead atoms. The fraction of sp³-hybridized carbons (Fsp3) is 0.368. The van der Waals surface area contributed by atoms with E-state index in [1.165, 1.54) is 4.90 Å². The van der Waals surface area contributed by atoms with E-state index in [4.69, 9.17) is 0 Å². The maximum Gasteiger partial charge on any atom is 0.253 e. The maximum atomic E-state index is 12.6. The van der Waals surface area contributed by atoms with Crippen LogP contribution in [0.1, 0.15) is 40.1 Å². The van der Waals surface area contributed by atoms with E-state index in [9.17, 15) is 9.90 Å². The number of aliphatic hydroxyl groups excluding tert-OH is 1. The number of hydrogen-bond acceptors (Lipinski definition) is 5. The Bertz CT molecular complexity index is 749. The topological polar surface area (TPSA) is 65.5 Å². The highest BCUT2D eigenvalue weighted by Gasteiger charge is 2.20. The quantitative estimate of drug-likeness (QED) is 0.778. The molecule has 0 saturated heterocycles. The minimum Gasteiger partial charge on any atom is -0.394 e. The van der Waals surface area contributed by atoms with Crippen LogP contribution in [0.4, 0.5) is 0 Å². The molecule has 1 aliphatic heterocycles. The summed E-state index contributed by atoms with van der Waals surface area (Å²) in [6.07, 6.45) is 1.61. The molecule has 1 aromatic heterocycles. The van der Waals surface area contributed by atoms with E-state index >= 15 is 0 Å². The predicted octanol–water partition coefficient (Wildman–Crippen LogP) is 2.60. The number of fused-ring (bicyclic) bond motifs is 1. The van der Waals surface area contributed by atoms with Gasteiger partial charge < -0.3 is 10.4 Å². The Labute approximate surface area is 152 Å². The van der Waals surface area contributed by atoms with Crippen LogP contribution in [0.15, 0.2) is 41.4 Å². The molecule has 2 N–H and O–H groups in total. The number of amides is 1. The van der Waals surface area contributed by atoms with Crippen LogP contribution in [0, 0.1) is 0 Å². The lowest BCUT2D eigenvalue weighted by Crippen LogP contribution is -2.31. The SMILES string of the molecule is CCSc1ccc([C@H](CO)NC(=O)c2cnc3c(c2)CN(C)C3)cc1. The third-order valence-electron chi connectivity index (χ3n) is 4.26. The van der Waals surface area contributed by atoms with Gasteiger partial charge in [-0.1, -0.05) is 19.1 Å². The summed E-state index contributed by atoms with van der Waals surface area (Å²) in [5.41, 5.74) is 3.55. The van der Waals surface area contributed by atoms with Gasteiger partial charge in [0.05, 0.1) is 23.9 Å². The van der Waals surface area contributed by atoms with Crippen LogP contribution in [0.3, 0.4) is 0 Å². The molecule has 1 amide bonds. The predicted molar refractivity (Wildman–Crippen MR) is 99.5 cm³/mol. The zero-order valence-electron chi connectivity index (χ0n) is 14.5. The fourth-order valence-electron chi connectivity index (χ4n) is 2.98. The second kappa shape index (κ2) is 7.99. The minimum absolute atomic E-state index is 0.146. The van der Waals surface area contributed by atoms with Crippen LogP contribution in [0.2, 0.25) is 0 Å². The lowest BCUT2D eigenvalue weighted by Gasteiger charge is -2.17. The van der Waals surface area contributed by atoms with Gasteiger partial charge >= 0.3 is 0 Å². The third kappa shape index (κ3) is 4.21. The highest BCUT2D eigenvalue weighted by atomic mass is 32.2. The summed E-state index contributed by atoms with van der Waals surface area (Å²) < 4.78 is 0. The van der Waals surface area contributed by atoms with Gasteiger partial charge in [0.25, 0.3) is 5.91 Å². The van der Waals surface area contributed by atoms with E-state index < -0.39 is 6.04 Å². The molecule has 0 fully saturated rings. The van der Waals surface area contributed by atoms with Crippen molar-refractivity contribution in [2.24, 2.45) is 0 Å². The van der Waals surface area contributed by atoms with E-state index in [2.05, 4.69) is 22.1 Å². The van der Waals surface area contributed by atoms with Crippen LogP contribution in [-0.4, -0.2) is 40.3 Å². The summed E-state index contributed by atoms with van der Waals surface area (Å²) in [6, 6.07) is 9.42. The summed E-state index contributed by atoms with van der Waals surface area (Å²) in [7, 11) is 2.03. The fourth-order valence-corrected chi connectivity index (χ4v) is 3.65. The molecule has 1 atom stereocenters. The highest BCUT2D eigenvalue weighted by molar-refractivity contribution is 7.99. The van der Waals surface area contributed by atoms with Crippen molar-refractivity contribution in [3.8, 4) is 0 Å². The van der Waals surface area contributed by atoms with Gasteiger partial charge in [-0.3, -0.25) is 14.7 Å². The molecule has 0 unspecified atom stereocenters. The average Bonchev–Trinajstić information content (AvgIpc) is 2.99. The zero-order chi connectivity index (χ0) is 17.8. The van der Waals surface area contributed by atoms with E-state index in [0.29, 0.717) is 5.56 Å². The molecule has 3 rings (SSSR count). The van der Waals surface area contributed by atoms with Gasteiger partial charge in [0.1, 0.15) is 0 Å². The number of thioether (sulfide) groups is 1. The molecular formula is C19H23N3O2S. The van der Waals surface area contributed by atoms with E-state index in [1.54, 1.807) is 18.0 Å². The second-order valence-corrected chi connectivity index (χ2v) is 7.55. The zero-order valence-corrected chi connectivity index (χ0v) is 15.3. The third-order valence-corrected chi connectivity index (χ3v) is 5.16. The monoisotopic (exact) mass is 357 g/mol. The summed E-state index contributed by atoms with van der Waals surface area (Å²) in [5.74, 6) is 0.802. The molecule has 1 aromatic carbocycles. The number of rotatable bonds is 6. The van der Waals surface area contributed by atoms with Crippen molar-refractivity contribution in [1.82, 2.24) is 15.2 Å². The first kappa shape index (κ1) is 17.9. The molecule has 25 heavy (non-hydrogen) atoms. The smallest absolute Gasteiger partial charge is 0.253 e. The van der Waals surface area contributed by atoms with Gasteiger partial charge in [-0.05, 0) is 42.1 Å². The Balaban J connectivity index is 1.71. The van der Waals surface area contributed by atoms with Crippen LogP contribution in [-0.2, 0) is 13.1 Å². The Hall–Kier alpha value is -1.89. The molecule has 0 aliphatic carbocycles. The molecule has 2 aromatic rings. The Morgan fingerprint density at radius 1 is 1.36 bits per heavy atom. The van der Waals surface area contributed by atoms with Gasteiger partial charge in [0.15, 0.2) is 0 Å². The first-order chi connectivity index (χ1) is 12.1. The number of carbonyl (C=O) groups excluding carboxylic acids is 1. The van der Waals surface area contributed by atoms with Crippen molar-refractivity contribution in [1.29, 1.82) is 0 Å². The lowest BCUT2D eigenvalue weighted by atomic mass is 10.1. The van der Waals surface area contributed by atoms with Crippen molar-refractivity contribution >= 4 is 17.7 Å². The molecule has 0 saturated carbocycles. The number of nitrogens with one attached hydrogen (secondary N) is 1. The Kier molecular flexibility index (Phi) is 5.73. The Morgan fingerprint density at radius 2 is 2.12 bits per heavy atom. The number of benzene rings is 1. The number of hydrogen-bond donors (Lipinski definition) is 2. The van der Waals surface area contributed by atoms with Crippen LogP contribution in [0.5, 0.6) is 0 Å². The van der Waals surface area contributed by atoms with Gasteiger partial charge in [0.2, 0.25) is 0 Å². The highest BCUT2D eigenvalue weighted by Crippen LogP contribution is 2.22. The number of carbonyl (C=O) groups is 1. The molecular weight excluding hydrogens is 334 g/mol. The molecule has 5 nitrogen and oxygen atoms in total. The summed E-state index contributed by atoms with van der Waals surface area (Å²) in [4.78, 5) is 20.3. The van der Waals surface area contributed by atoms with Gasteiger partial charge in [-0.15, -0.1) is 11.8 Å². The van der Waals surface area contributed by atoms with Gasteiger partial charge in [-0.25, -0.2) is 0 Å². The van der Waals surface area contributed by atoms with Crippen molar-refractivity contribution in [3.63, 3.8) is 0 Å². The van der Waals surface area contributed by atoms with Crippen molar-refractivity contribution in [3.05, 3.63) is 58.9 Å². The number of aromatic nitrogens is 1. The molecule has 2 heterocycles. The first-order valence-electron chi connectivity index (χ1n) is 8.41. The largest absolute Gasteiger partial charge is 0.394 e. The number of pyridine rings is 1. The lowest BCUT2D eigenvalue weighted by molar-refractivity contribution is 0.0915. The van der Waals surface area contributed by atoms with Crippen molar-refractivity contribution in [2.75, 3.05) is 19.4 Å². The Morgan fingerprint density at radius 3 is 2.80 bits per heavy atom. The minimum atomic E-state index is -0.427. The molecule has 6 heteroatoms. The molecule has 0 spiro atoms. The average molecular weight is 357 g/mol. The van der Waals surface area contributed by atoms with Gasteiger partial charge in [-0.2, -0.15) is 0 Å². The van der Waals surface area contributed by atoms with Crippen LogP contribution in [0.25, 0.3) is 0 Å². The summed E-state index contributed by atoms with van der Waals surface area (Å²) >= 11 is 1.76. The van der Waals surface area contributed by atoms with Crippen molar-refractivity contribution < 1.29 is 9.90 Å². The van der Waals surface area contributed by atoms with Crippen LogP contribution < -0.4 is 5.32 Å². The molecule has 1 aliphatic rings. The number of nitrogens with zero attached hydrogens (tertiary/aromatic N) is 2. The van der Waals surface area contributed by atoms with Crippen LogP contribution >= 0.6 is 11.8 Å². The normalized spacial score (nSPS) is 15.0. The first-order valence-corrected chi connectivity index (χ1v) is 9.40.